The molecule has 0 radical (unpaired) electrons. The lowest BCUT2D eigenvalue weighted by Crippen LogP contribution is -2.57. The van der Waals surface area contributed by atoms with E-state index < -0.39 is 5.54 Å². The number of para-hydroxylation sites is 1. The van der Waals surface area contributed by atoms with E-state index in [1.165, 1.54) is 6.07 Å². The summed E-state index contributed by atoms with van der Waals surface area (Å²) in [6, 6.07) is 14.0. The number of nitrogens with one attached hydrogen (secondary N) is 1. The number of ether oxygens (including phenoxy) is 1. The first-order chi connectivity index (χ1) is 15.4. The molecule has 2 aliphatic heterocycles. The number of likely N-dealkylation sites (tertiary alicyclic amines) is 1. The van der Waals surface area contributed by atoms with Crippen LogP contribution in [-0.4, -0.2) is 67.5 Å². The zero-order valence-corrected chi connectivity index (χ0v) is 18.6. The number of aryl methyl sites for hydroxylation is 1. The normalized spacial score (nSPS) is 22.8. The number of carbonyl (C=O) groups is 2. The van der Waals surface area contributed by atoms with Gasteiger partial charge in [-0.3, -0.25) is 14.5 Å². The molecule has 0 bridgehead atoms. The van der Waals surface area contributed by atoms with Gasteiger partial charge in [-0.15, -0.1) is 0 Å². The van der Waals surface area contributed by atoms with Crippen molar-refractivity contribution in [2.45, 2.75) is 24.8 Å². The third kappa shape index (κ3) is 4.48. The first-order valence-electron chi connectivity index (χ1n) is 11.1. The first kappa shape index (κ1) is 22.3. The van der Waals surface area contributed by atoms with E-state index >= 15 is 0 Å². The molecule has 7 heteroatoms. The van der Waals surface area contributed by atoms with Crippen LogP contribution >= 0.6 is 0 Å². The molecule has 2 aromatic carbocycles. The van der Waals surface area contributed by atoms with Crippen LogP contribution in [0, 0.1) is 11.7 Å². The number of nitrogens with zero attached hydrogens (tertiary/aromatic N) is 2. The van der Waals surface area contributed by atoms with E-state index in [4.69, 9.17) is 4.74 Å². The summed E-state index contributed by atoms with van der Waals surface area (Å²) in [4.78, 5) is 30.0. The van der Waals surface area contributed by atoms with Gasteiger partial charge in [-0.05, 0) is 43.0 Å². The van der Waals surface area contributed by atoms with Gasteiger partial charge >= 0.3 is 0 Å². The molecule has 2 aliphatic rings. The highest BCUT2D eigenvalue weighted by atomic mass is 19.1. The topological polar surface area (TPSA) is 61.9 Å². The number of benzene rings is 2. The van der Waals surface area contributed by atoms with Gasteiger partial charge in [-0.25, -0.2) is 4.39 Å². The maximum atomic E-state index is 13.7. The summed E-state index contributed by atoms with van der Waals surface area (Å²) in [5.74, 6) is -0.520. The summed E-state index contributed by atoms with van der Waals surface area (Å²) < 4.78 is 19.3. The Balaban J connectivity index is 1.45. The summed E-state index contributed by atoms with van der Waals surface area (Å²) >= 11 is 0. The van der Waals surface area contributed by atoms with Crippen molar-refractivity contribution in [1.82, 2.24) is 15.1 Å². The van der Waals surface area contributed by atoms with Crippen LogP contribution in [0.4, 0.5) is 4.39 Å². The number of rotatable bonds is 6. The van der Waals surface area contributed by atoms with Crippen molar-refractivity contribution in [3.05, 3.63) is 65.5 Å². The van der Waals surface area contributed by atoms with Crippen LogP contribution in [0.5, 0.6) is 5.75 Å². The van der Waals surface area contributed by atoms with Gasteiger partial charge in [0.25, 0.3) is 5.91 Å². The van der Waals surface area contributed by atoms with Gasteiger partial charge in [-0.1, -0.05) is 30.3 Å². The number of hydrogen-bond donors (Lipinski definition) is 1. The van der Waals surface area contributed by atoms with Gasteiger partial charge in [0.05, 0.1) is 18.1 Å². The molecule has 1 N–H and O–H groups in total. The van der Waals surface area contributed by atoms with Crippen LogP contribution in [0.2, 0.25) is 0 Å². The van der Waals surface area contributed by atoms with Crippen molar-refractivity contribution < 1.29 is 18.7 Å². The van der Waals surface area contributed by atoms with Gasteiger partial charge in [-0.2, -0.15) is 0 Å². The lowest BCUT2D eigenvalue weighted by Gasteiger charge is -2.35. The molecule has 0 saturated carbocycles. The maximum Gasteiger partial charge on any atom is 0.252 e. The van der Waals surface area contributed by atoms with Crippen LogP contribution in [0.3, 0.4) is 0 Å². The average molecular weight is 440 g/mol. The van der Waals surface area contributed by atoms with Crippen molar-refractivity contribution in [3.8, 4) is 5.75 Å². The fourth-order valence-corrected chi connectivity index (χ4v) is 4.89. The molecule has 0 aromatic heterocycles. The van der Waals surface area contributed by atoms with Gasteiger partial charge < -0.3 is 15.0 Å². The van der Waals surface area contributed by atoms with E-state index in [0.717, 1.165) is 12.0 Å². The standard InChI is InChI=1S/C25H30FN3O3/c1-28(2)24(31)20-16-29(14-7-15-32-22-11-6-5-10-21(22)26)17-25(20)13-12-18-8-3-4-9-19(18)23(30)27-25/h3-6,8-11,20H,7,12-17H2,1-2H3,(H,27,30)/t20-,25+/m1/s1. The number of amides is 2. The van der Waals surface area contributed by atoms with Crippen LogP contribution < -0.4 is 10.1 Å². The predicted molar refractivity (Wildman–Crippen MR) is 120 cm³/mol. The summed E-state index contributed by atoms with van der Waals surface area (Å²) in [5, 5.41) is 3.24. The highest BCUT2D eigenvalue weighted by Gasteiger charge is 2.52. The first-order valence-corrected chi connectivity index (χ1v) is 11.1. The zero-order valence-electron chi connectivity index (χ0n) is 18.6. The zero-order chi connectivity index (χ0) is 22.7. The van der Waals surface area contributed by atoms with Crippen molar-refractivity contribution in [2.75, 3.05) is 40.3 Å². The fraction of sp³-hybridized carbons (Fsp3) is 0.440. The van der Waals surface area contributed by atoms with Crippen molar-refractivity contribution in [1.29, 1.82) is 0 Å². The molecule has 170 valence electrons. The summed E-state index contributed by atoms with van der Waals surface area (Å²) in [7, 11) is 3.52. The number of halogens is 1. The molecular formula is C25H30FN3O3. The van der Waals surface area contributed by atoms with Crippen LogP contribution in [-0.2, 0) is 11.2 Å². The molecule has 1 fully saturated rings. The number of carbonyl (C=O) groups excluding carboxylic acids is 2. The quantitative estimate of drug-likeness (QED) is 0.703. The summed E-state index contributed by atoms with van der Waals surface area (Å²) in [5.41, 5.74) is 1.11. The van der Waals surface area contributed by atoms with Crippen LogP contribution in [0.15, 0.2) is 48.5 Å². The Bertz CT molecular complexity index is 996. The van der Waals surface area contributed by atoms with E-state index in [1.807, 2.05) is 24.3 Å². The van der Waals surface area contributed by atoms with Crippen molar-refractivity contribution in [2.24, 2.45) is 5.92 Å². The summed E-state index contributed by atoms with van der Waals surface area (Å²) in [6.07, 6.45) is 2.15. The Kier molecular flexibility index (Phi) is 6.46. The second kappa shape index (κ2) is 9.28. The minimum Gasteiger partial charge on any atom is -0.490 e. The second-order valence-electron chi connectivity index (χ2n) is 8.92. The van der Waals surface area contributed by atoms with Gasteiger partial charge in [0, 0.05) is 39.3 Å². The molecule has 32 heavy (non-hydrogen) atoms. The van der Waals surface area contributed by atoms with Crippen molar-refractivity contribution >= 4 is 11.8 Å². The Hall–Kier alpha value is -2.93. The molecule has 0 aliphatic carbocycles. The number of hydrogen-bond acceptors (Lipinski definition) is 4. The third-order valence-corrected chi connectivity index (χ3v) is 6.53. The predicted octanol–water partition coefficient (Wildman–Crippen LogP) is 2.73. The molecule has 1 saturated heterocycles. The minimum atomic E-state index is -0.607. The Morgan fingerprint density at radius 2 is 1.97 bits per heavy atom. The minimum absolute atomic E-state index is 0.0290. The van der Waals surface area contributed by atoms with Crippen molar-refractivity contribution in [3.63, 3.8) is 0 Å². The Labute approximate surface area is 188 Å². The molecule has 6 nitrogen and oxygen atoms in total. The highest BCUT2D eigenvalue weighted by molar-refractivity contribution is 5.97. The summed E-state index contributed by atoms with van der Waals surface area (Å²) in [6.45, 7) is 2.27. The van der Waals surface area contributed by atoms with E-state index in [0.29, 0.717) is 44.6 Å². The highest BCUT2D eigenvalue weighted by Crippen LogP contribution is 2.36. The molecule has 2 aromatic rings. The molecule has 0 unspecified atom stereocenters. The fourth-order valence-electron chi connectivity index (χ4n) is 4.89. The van der Waals surface area contributed by atoms with E-state index in [9.17, 15) is 14.0 Å². The molecule has 1 spiro atoms. The average Bonchev–Trinajstić information content (AvgIpc) is 3.06. The Morgan fingerprint density at radius 1 is 1.22 bits per heavy atom. The molecule has 2 heterocycles. The smallest absolute Gasteiger partial charge is 0.252 e. The van der Waals surface area contributed by atoms with E-state index in [1.54, 1.807) is 37.2 Å². The SMILES string of the molecule is CN(C)C(=O)[C@H]1CN(CCCOc2ccccc2F)C[C@@]12CCc1ccccc1C(=O)N2. The lowest BCUT2D eigenvalue weighted by molar-refractivity contribution is -0.134. The van der Waals surface area contributed by atoms with Gasteiger partial charge in [0.2, 0.25) is 5.91 Å². The van der Waals surface area contributed by atoms with Gasteiger partial charge in [0.15, 0.2) is 11.6 Å². The number of fused-ring (bicyclic) bond motifs is 1. The maximum absolute atomic E-state index is 13.7. The van der Waals surface area contributed by atoms with E-state index in [2.05, 4.69) is 10.2 Å². The largest absolute Gasteiger partial charge is 0.490 e. The van der Waals surface area contributed by atoms with Gasteiger partial charge in [0.1, 0.15) is 0 Å². The molecule has 2 atom stereocenters. The second-order valence-corrected chi connectivity index (χ2v) is 8.92. The van der Waals surface area contributed by atoms with Crippen LogP contribution in [0.25, 0.3) is 0 Å². The molecular weight excluding hydrogens is 409 g/mol. The van der Waals surface area contributed by atoms with Crippen LogP contribution in [0.1, 0.15) is 28.8 Å². The monoisotopic (exact) mass is 439 g/mol. The van der Waals surface area contributed by atoms with E-state index in [-0.39, 0.29) is 29.3 Å². The molecule has 4 rings (SSSR count). The third-order valence-electron chi connectivity index (χ3n) is 6.53. The lowest BCUT2D eigenvalue weighted by atomic mass is 9.81. The Morgan fingerprint density at radius 3 is 2.75 bits per heavy atom. The molecule has 2 amide bonds.